The molecule has 0 aliphatic carbocycles. The number of hydrogen-bond donors (Lipinski definition) is 1. The molecule has 0 atom stereocenters. The van der Waals surface area contributed by atoms with Crippen LogP contribution in [-0.2, 0) is 4.79 Å². The normalized spacial score (nSPS) is 9.31. The molecule has 1 aromatic carbocycles. The average molecular weight is 238 g/mol. The number of halogens is 1. The van der Waals surface area contributed by atoms with E-state index in [1.165, 1.54) is 0 Å². The first kappa shape index (κ1) is 12.4. The molecule has 0 heterocycles. The highest BCUT2D eigenvalue weighted by Crippen LogP contribution is 2.21. The van der Waals surface area contributed by atoms with Gasteiger partial charge in [0.15, 0.2) is 6.61 Å². The van der Waals surface area contributed by atoms with E-state index in [-0.39, 0.29) is 19.1 Å². The number of aryl methyl sites for hydroxylation is 1. The zero-order valence-electron chi connectivity index (χ0n) is 8.92. The zero-order valence-corrected chi connectivity index (χ0v) is 9.67. The Bertz CT molecular complexity index is 424. The van der Waals surface area contributed by atoms with Crippen LogP contribution in [0.5, 0.6) is 5.75 Å². The monoisotopic (exact) mass is 237 g/mol. The minimum absolute atomic E-state index is 0.0514. The molecular formula is C12H12ClNO2. The highest BCUT2D eigenvalue weighted by molar-refractivity contribution is 6.30. The van der Waals surface area contributed by atoms with Crippen molar-refractivity contribution < 1.29 is 9.53 Å². The second-order valence-corrected chi connectivity index (χ2v) is 3.62. The molecule has 0 radical (unpaired) electrons. The molecule has 84 valence electrons. The third kappa shape index (κ3) is 3.84. The smallest absolute Gasteiger partial charge is 0.258 e. The molecule has 0 bridgehead atoms. The van der Waals surface area contributed by atoms with E-state index < -0.39 is 0 Å². The second kappa shape index (κ2) is 6.04. The number of hydrogen-bond acceptors (Lipinski definition) is 2. The van der Waals surface area contributed by atoms with Crippen LogP contribution in [0.2, 0.25) is 5.02 Å². The molecule has 0 saturated carbocycles. The number of ether oxygens (including phenoxy) is 1. The van der Waals surface area contributed by atoms with E-state index in [0.29, 0.717) is 10.8 Å². The third-order valence-electron chi connectivity index (χ3n) is 1.88. The fraction of sp³-hybridized carbons (Fsp3) is 0.250. The van der Waals surface area contributed by atoms with Gasteiger partial charge in [-0.1, -0.05) is 17.5 Å². The minimum atomic E-state index is -0.243. The molecule has 0 unspecified atom stereocenters. The van der Waals surface area contributed by atoms with E-state index in [1.807, 2.05) is 6.92 Å². The Labute approximate surface area is 99.7 Å². The van der Waals surface area contributed by atoms with Crippen LogP contribution in [-0.4, -0.2) is 19.1 Å². The molecule has 0 spiro atoms. The molecule has 0 aromatic heterocycles. The molecule has 0 saturated heterocycles. The summed E-state index contributed by atoms with van der Waals surface area (Å²) in [6, 6.07) is 5.21. The Morgan fingerprint density at radius 1 is 1.62 bits per heavy atom. The van der Waals surface area contributed by atoms with Crippen molar-refractivity contribution in [2.75, 3.05) is 13.2 Å². The van der Waals surface area contributed by atoms with E-state index in [4.69, 9.17) is 22.8 Å². The molecule has 4 heteroatoms. The van der Waals surface area contributed by atoms with Gasteiger partial charge in [-0.05, 0) is 30.7 Å². The molecule has 0 aliphatic rings. The van der Waals surface area contributed by atoms with E-state index in [0.717, 1.165) is 5.56 Å². The molecule has 1 N–H and O–H groups in total. The first-order valence-electron chi connectivity index (χ1n) is 4.72. The number of amides is 1. The van der Waals surface area contributed by atoms with Gasteiger partial charge in [0, 0.05) is 5.02 Å². The SMILES string of the molecule is C#CCNC(=O)COc1ccc(Cl)cc1C. The lowest BCUT2D eigenvalue weighted by Gasteiger charge is -2.08. The highest BCUT2D eigenvalue weighted by atomic mass is 35.5. The van der Waals surface area contributed by atoms with E-state index >= 15 is 0 Å². The molecule has 1 aromatic rings. The van der Waals surface area contributed by atoms with Gasteiger partial charge in [-0.2, -0.15) is 0 Å². The van der Waals surface area contributed by atoms with Crippen molar-refractivity contribution >= 4 is 17.5 Å². The zero-order chi connectivity index (χ0) is 12.0. The van der Waals surface area contributed by atoms with Gasteiger partial charge in [0.2, 0.25) is 0 Å². The molecular weight excluding hydrogens is 226 g/mol. The summed E-state index contributed by atoms with van der Waals surface area (Å²) in [5, 5.41) is 3.15. The van der Waals surface area contributed by atoms with Crippen molar-refractivity contribution in [2.24, 2.45) is 0 Å². The van der Waals surface area contributed by atoms with Crippen LogP contribution in [0.4, 0.5) is 0 Å². The summed E-state index contributed by atoms with van der Waals surface area (Å²) in [4.78, 5) is 11.2. The Morgan fingerprint density at radius 3 is 3.00 bits per heavy atom. The van der Waals surface area contributed by atoms with E-state index in [9.17, 15) is 4.79 Å². The van der Waals surface area contributed by atoms with Crippen LogP contribution < -0.4 is 10.1 Å². The summed E-state index contributed by atoms with van der Waals surface area (Å²) in [6.45, 7) is 2.02. The van der Waals surface area contributed by atoms with Gasteiger partial charge in [-0.3, -0.25) is 4.79 Å². The molecule has 0 aliphatic heterocycles. The lowest BCUT2D eigenvalue weighted by Crippen LogP contribution is -2.29. The van der Waals surface area contributed by atoms with Crippen molar-refractivity contribution in [3.63, 3.8) is 0 Å². The second-order valence-electron chi connectivity index (χ2n) is 3.18. The van der Waals surface area contributed by atoms with Gasteiger partial charge in [-0.15, -0.1) is 6.42 Å². The van der Waals surface area contributed by atoms with Gasteiger partial charge in [0.25, 0.3) is 5.91 Å². The number of nitrogens with one attached hydrogen (secondary N) is 1. The molecule has 0 fully saturated rings. The number of terminal acetylenes is 1. The van der Waals surface area contributed by atoms with Gasteiger partial charge in [0.1, 0.15) is 5.75 Å². The lowest BCUT2D eigenvalue weighted by atomic mass is 10.2. The summed E-state index contributed by atoms with van der Waals surface area (Å²) in [6.07, 6.45) is 5.00. The van der Waals surface area contributed by atoms with Crippen LogP contribution in [0.25, 0.3) is 0 Å². The molecule has 16 heavy (non-hydrogen) atoms. The van der Waals surface area contributed by atoms with Crippen LogP contribution in [0.15, 0.2) is 18.2 Å². The Kier molecular flexibility index (Phi) is 4.68. The number of benzene rings is 1. The predicted octanol–water partition coefficient (Wildman–Crippen LogP) is 1.78. The Morgan fingerprint density at radius 2 is 2.38 bits per heavy atom. The largest absolute Gasteiger partial charge is 0.484 e. The standard InChI is InChI=1S/C12H12ClNO2/c1-3-6-14-12(15)8-16-11-5-4-10(13)7-9(11)2/h1,4-5,7H,6,8H2,2H3,(H,14,15). The molecule has 3 nitrogen and oxygen atoms in total. The number of rotatable bonds is 4. The summed E-state index contributed by atoms with van der Waals surface area (Å²) in [7, 11) is 0. The number of carbonyl (C=O) groups excluding carboxylic acids is 1. The summed E-state index contributed by atoms with van der Waals surface area (Å²) in [5.41, 5.74) is 0.886. The summed E-state index contributed by atoms with van der Waals surface area (Å²) >= 11 is 5.79. The molecule has 1 rings (SSSR count). The first-order chi connectivity index (χ1) is 7.63. The van der Waals surface area contributed by atoms with Crippen LogP contribution in [0.3, 0.4) is 0 Å². The fourth-order valence-corrected chi connectivity index (χ4v) is 1.35. The van der Waals surface area contributed by atoms with Crippen molar-refractivity contribution in [2.45, 2.75) is 6.92 Å². The number of carbonyl (C=O) groups is 1. The van der Waals surface area contributed by atoms with Gasteiger partial charge >= 0.3 is 0 Å². The maximum atomic E-state index is 11.2. The average Bonchev–Trinajstić information content (AvgIpc) is 2.25. The summed E-state index contributed by atoms with van der Waals surface area (Å²) < 4.78 is 5.31. The topological polar surface area (TPSA) is 38.3 Å². The van der Waals surface area contributed by atoms with Crippen molar-refractivity contribution in [3.05, 3.63) is 28.8 Å². The predicted molar refractivity (Wildman–Crippen MR) is 63.5 cm³/mol. The van der Waals surface area contributed by atoms with Crippen LogP contribution in [0, 0.1) is 19.3 Å². The third-order valence-corrected chi connectivity index (χ3v) is 2.12. The van der Waals surface area contributed by atoms with Crippen molar-refractivity contribution in [3.8, 4) is 18.1 Å². The van der Waals surface area contributed by atoms with Gasteiger partial charge in [0.05, 0.1) is 6.54 Å². The Balaban J connectivity index is 2.49. The van der Waals surface area contributed by atoms with Crippen LogP contribution >= 0.6 is 11.6 Å². The van der Waals surface area contributed by atoms with Crippen molar-refractivity contribution in [1.29, 1.82) is 0 Å². The van der Waals surface area contributed by atoms with E-state index in [2.05, 4.69) is 11.2 Å². The Hall–Kier alpha value is -1.66. The fourth-order valence-electron chi connectivity index (χ4n) is 1.12. The van der Waals surface area contributed by atoms with Gasteiger partial charge in [-0.25, -0.2) is 0 Å². The first-order valence-corrected chi connectivity index (χ1v) is 5.10. The van der Waals surface area contributed by atoms with Crippen molar-refractivity contribution in [1.82, 2.24) is 5.32 Å². The maximum Gasteiger partial charge on any atom is 0.258 e. The minimum Gasteiger partial charge on any atom is -0.484 e. The quantitative estimate of drug-likeness (QED) is 0.811. The van der Waals surface area contributed by atoms with Crippen LogP contribution in [0.1, 0.15) is 5.56 Å². The lowest BCUT2D eigenvalue weighted by molar-refractivity contribution is -0.122. The molecule has 1 amide bonds. The van der Waals surface area contributed by atoms with Gasteiger partial charge < -0.3 is 10.1 Å². The highest BCUT2D eigenvalue weighted by Gasteiger charge is 2.04. The maximum absolute atomic E-state index is 11.2. The summed E-state index contributed by atoms with van der Waals surface area (Å²) in [5.74, 6) is 2.71. The van der Waals surface area contributed by atoms with E-state index in [1.54, 1.807) is 18.2 Å².